The third-order valence-corrected chi connectivity index (χ3v) is 6.62. The van der Waals surface area contributed by atoms with E-state index in [2.05, 4.69) is 14.6 Å². The number of amides is 2. The lowest BCUT2D eigenvalue weighted by molar-refractivity contribution is -0.132. The van der Waals surface area contributed by atoms with E-state index < -0.39 is 15.6 Å². The number of hydrogen-bond acceptors (Lipinski definition) is 6. The van der Waals surface area contributed by atoms with Crippen LogP contribution in [0.15, 0.2) is 26.2 Å². The number of rotatable bonds is 4. The summed E-state index contributed by atoms with van der Waals surface area (Å²) in [5.74, 6) is -0.339. The van der Waals surface area contributed by atoms with E-state index in [0.717, 1.165) is 12.8 Å². The molecule has 10 heteroatoms. The molecule has 0 spiro atoms. The highest BCUT2D eigenvalue weighted by molar-refractivity contribution is 7.93. The van der Waals surface area contributed by atoms with E-state index in [1.165, 1.54) is 18.7 Å². The van der Waals surface area contributed by atoms with Crippen LogP contribution in [0.3, 0.4) is 0 Å². The highest BCUT2D eigenvalue weighted by Gasteiger charge is 2.32. The molecule has 0 saturated heterocycles. The lowest BCUT2D eigenvalue weighted by Gasteiger charge is -2.28. The van der Waals surface area contributed by atoms with Crippen LogP contribution in [0.2, 0.25) is 0 Å². The van der Waals surface area contributed by atoms with Crippen molar-refractivity contribution in [2.45, 2.75) is 50.1 Å². The van der Waals surface area contributed by atoms with Crippen LogP contribution in [0.5, 0.6) is 0 Å². The zero-order chi connectivity index (χ0) is 19.2. The largest absolute Gasteiger partial charge is 0.364 e. The van der Waals surface area contributed by atoms with E-state index in [-0.39, 0.29) is 17.4 Å². The fraction of sp³-hybridized carbons (Fsp3) is 0.529. The molecule has 0 bridgehead atoms. The summed E-state index contributed by atoms with van der Waals surface area (Å²) < 4.78 is 23.9. The maximum atomic E-state index is 13.3. The number of nitrogens with zero attached hydrogens (tertiary/aromatic N) is 5. The summed E-state index contributed by atoms with van der Waals surface area (Å²) in [5, 5.41) is 8.16. The van der Waals surface area contributed by atoms with Gasteiger partial charge in [-0.1, -0.05) is 12.1 Å². The number of carbonyl (C=O) groups excluding carboxylic acids is 2. The lowest BCUT2D eigenvalue weighted by atomic mass is 10.2. The molecule has 0 aromatic carbocycles. The maximum Gasteiger partial charge on any atom is 0.290 e. The standard InChI is InChI=1S/C17H21N5O4S/c1-3-15(23)21-6-7-22-13(9-21)14(8-18-22)27(2,25)20-17(24)12-10-26-19-16(12)11-4-5-11/h8,10-11H,3-7,9H2,1-2H3. The highest BCUT2D eigenvalue weighted by atomic mass is 32.2. The van der Waals surface area contributed by atoms with Gasteiger partial charge in [-0.15, -0.1) is 0 Å². The van der Waals surface area contributed by atoms with Crippen molar-refractivity contribution >= 4 is 21.5 Å². The Balaban J connectivity index is 1.67. The average molecular weight is 391 g/mol. The Hall–Kier alpha value is -2.49. The third-order valence-electron chi connectivity index (χ3n) is 4.95. The molecule has 1 aliphatic heterocycles. The van der Waals surface area contributed by atoms with Gasteiger partial charge in [-0.2, -0.15) is 9.46 Å². The Morgan fingerprint density at radius 1 is 1.37 bits per heavy atom. The molecule has 144 valence electrons. The maximum absolute atomic E-state index is 13.3. The molecule has 1 aliphatic carbocycles. The van der Waals surface area contributed by atoms with E-state index >= 15 is 0 Å². The minimum absolute atomic E-state index is 0.0302. The van der Waals surface area contributed by atoms with Crippen LogP contribution < -0.4 is 0 Å². The van der Waals surface area contributed by atoms with Crippen LogP contribution >= 0.6 is 0 Å². The average Bonchev–Trinajstić information content (AvgIpc) is 3.20. The second-order valence-electron chi connectivity index (χ2n) is 6.93. The summed E-state index contributed by atoms with van der Waals surface area (Å²) in [4.78, 5) is 26.8. The first-order chi connectivity index (χ1) is 12.9. The van der Waals surface area contributed by atoms with Gasteiger partial charge in [0.2, 0.25) is 5.91 Å². The first-order valence-corrected chi connectivity index (χ1v) is 10.9. The lowest BCUT2D eigenvalue weighted by Crippen LogP contribution is -2.38. The molecular weight excluding hydrogens is 370 g/mol. The van der Waals surface area contributed by atoms with Gasteiger partial charge in [-0.3, -0.25) is 14.3 Å². The molecule has 27 heavy (non-hydrogen) atoms. The van der Waals surface area contributed by atoms with Gasteiger partial charge in [0.1, 0.15) is 11.8 Å². The molecule has 3 heterocycles. The fourth-order valence-electron chi connectivity index (χ4n) is 3.29. The molecule has 0 N–H and O–H groups in total. The van der Waals surface area contributed by atoms with E-state index in [0.29, 0.717) is 42.3 Å². The Labute approximate surface area is 156 Å². The van der Waals surface area contributed by atoms with Crippen molar-refractivity contribution in [3.63, 3.8) is 0 Å². The Kier molecular flexibility index (Phi) is 4.37. The smallest absolute Gasteiger partial charge is 0.290 e. The van der Waals surface area contributed by atoms with Crippen molar-refractivity contribution in [1.29, 1.82) is 0 Å². The van der Waals surface area contributed by atoms with Gasteiger partial charge in [0.05, 0.1) is 45.3 Å². The predicted octanol–water partition coefficient (Wildman–Crippen LogP) is 1.80. The summed E-state index contributed by atoms with van der Waals surface area (Å²) in [6.45, 7) is 3.22. The monoisotopic (exact) mass is 391 g/mol. The van der Waals surface area contributed by atoms with Crippen molar-refractivity contribution < 1.29 is 18.3 Å². The van der Waals surface area contributed by atoms with Gasteiger partial charge in [0, 0.05) is 25.1 Å². The molecule has 2 amide bonds. The summed E-state index contributed by atoms with van der Waals surface area (Å²) >= 11 is 0. The van der Waals surface area contributed by atoms with Crippen LogP contribution in [-0.4, -0.2) is 48.7 Å². The summed E-state index contributed by atoms with van der Waals surface area (Å²) in [6, 6.07) is 0. The van der Waals surface area contributed by atoms with E-state index in [9.17, 15) is 13.8 Å². The van der Waals surface area contributed by atoms with Crippen molar-refractivity contribution in [3.8, 4) is 0 Å². The first-order valence-electron chi connectivity index (χ1n) is 8.94. The van der Waals surface area contributed by atoms with Crippen LogP contribution in [0.1, 0.15) is 53.8 Å². The molecule has 2 aromatic heterocycles. The van der Waals surface area contributed by atoms with Gasteiger partial charge in [0.15, 0.2) is 0 Å². The molecule has 9 nitrogen and oxygen atoms in total. The Morgan fingerprint density at radius 3 is 2.85 bits per heavy atom. The first kappa shape index (κ1) is 17.9. The topological polar surface area (TPSA) is 111 Å². The Bertz CT molecular complexity index is 1030. The van der Waals surface area contributed by atoms with E-state index in [1.807, 2.05) is 6.92 Å². The van der Waals surface area contributed by atoms with Crippen LogP contribution in [0, 0.1) is 0 Å². The van der Waals surface area contributed by atoms with Crippen molar-refractivity contribution in [1.82, 2.24) is 19.8 Å². The molecule has 1 unspecified atom stereocenters. The molecule has 1 saturated carbocycles. The normalized spacial score (nSPS) is 18.7. The number of fused-ring (bicyclic) bond motifs is 1. The van der Waals surface area contributed by atoms with E-state index in [1.54, 1.807) is 9.58 Å². The molecule has 2 aliphatic rings. The summed E-state index contributed by atoms with van der Waals surface area (Å²) in [6.07, 6.45) is 6.52. The second-order valence-corrected chi connectivity index (χ2v) is 9.16. The third kappa shape index (κ3) is 3.29. The SMILES string of the molecule is CCC(=O)N1CCn2ncc(S(C)(=O)=NC(=O)c3conc3C3CC3)c2C1. The quantitative estimate of drug-likeness (QED) is 0.786. The van der Waals surface area contributed by atoms with Gasteiger partial charge < -0.3 is 9.42 Å². The van der Waals surface area contributed by atoms with Crippen molar-refractivity contribution in [2.24, 2.45) is 4.36 Å². The molecule has 0 radical (unpaired) electrons. The second kappa shape index (κ2) is 6.59. The summed E-state index contributed by atoms with van der Waals surface area (Å²) in [7, 11) is -3.03. The van der Waals surface area contributed by atoms with Gasteiger partial charge in [-0.25, -0.2) is 4.21 Å². The molecule has 4 rings (SSSR count). The van der Waals surface area contributed by atoms with Gasteiger partial charge >= 0.3 is 0 Å². The fourth-order valence-corrected chi connectivity index (χ4v) is 4.65. The zero-order valence-corrected chi connectivity index (χ0v) is 16.1. The molecule has 1 fully saturated rings. The highest BCUT2D eigenvalue weighted by Crippen LogP contribution is 2.41. The number of carbonyl (C=O) groups is 2. The van der Waals surface area contributed by atoms with Crippen molar-refractivity contribution in [2.75, 3.05) is 12.8 Å². The summed E-state index contributed by atoms with van der Waals surface area (Å²) in [5.41, 5.74) is 1.53. The van der Waals surface area contributed by atoms with E-state index in [4.69, 9.17) is 4.52 Å². The van der Waals surface area contributed by atoms with Gasteiger partial charge in [-0.05, 0) is 12.8 Å². The number of hydrogen-bond donors (Lipinski definition) is 0. The minimum atomic E-state index is -3.03. The predicted molar refractivity (Wildman–Crippen MR) is 95.5 cm³/mol. The van der Waals surface area contributed by atoms with Crippen LogP contribution in [0.4, 0.5) is 0 Å². The van der Waals surface area contributed by atoms with Crippen LogP contribution in [0.25, 0.3) is 0 Å². The van der Waals surface area contributed by atoms with Gasteiger partial charge in [0.25, 0.3) is 5.91 Å². The number of aromatic nitrogens is 3. The zero-order valence-electron chi connectivity index (χ0n) is 15.3. The minimum Gasteiger partial charge on any atom is -0.364 e. The van der Waals surface area contributed by atoms with Crippen molar-refractivity contribution in [3.05, 3.63) is 29.4 Å². The molecular formula is C17H21N5O4S. The molecule has 2 aromatic rings. The Morgan fingerprint density at radius 2 is 2.15 bits per heavy atom. The molecule has 1 atom stereocenters. The van der Waals surface area contributed by atoms with Crippen LogP contribution in [-0.2, 0) is 27.6 Å².